The highest BCUT2D eigenvalue weighted by atomic mass is 15.2. The fourth-order valence-corrected chi connectivity index (χ4v) is 0.760. The monoisotopic (exact) mass is 157 g/mol. The van der Waals surface area contributed by atoms with Gasteiger partial charge in [-0.2, -0.15) is 0 Å². The van der Waals surface area contributed by atoms with Crippen LogP contribution in [0.2, 0.25) is 0 Å². The van der Waals surface area contributed by atoms with Crippen molar-refractivity contribution in [1.29, 1.82) is 0 Å². The Labute approximate surface area is 69.3 Å². The van der Waals surface area contributed by atoms with Gasteiger partial charge in [-0.15, -0.1) is 0 Å². The van der Waals surface area contributed by atoms with Crippen LogP contribution >= 0.6 is 0 Å². The number of nitrogens with one attached hydrogen (secondary N) is 2. The van der Waals surface area contributed by atoms with Crippen LogP contribution in [0.15, 0.2) is 4.99 Å². The van der Waals surface area contributed by atoms with Gasteiger partial charge in [0.25, 0.3) is 0 Å². The fourth-order valence-electron chi connectivity index (χ4n) is 0.760. The van der Waals surface area contributed by atoms with E-state index >= 15 is 0 Å². The standard InChI is InChI=1S/C6H13N3.C2H6/c1-2-3-7-6-8-4-5-9-6;1-2/h2-5H2,1H3,(H2,7,8,9);1-2H3. The third kappa shape index (κ3) is 4.65. The van der Waals surface area contributed by atoms with Crippen LogP contribution in [0, 0.1) is 0 Å². The zero-order valence-electron chi connectivity index (χ0n) is 7.78. The van der Waals surface area contributed by atoms with Gasteiger partial charge >= 0.3 is 0 Å². The second-order valence-electron chi connectivity index (χ2n) is 2.08. The van der Waals surface area contributed by atoms with Crippen molar-refractivity contribution in [3.63, 3.8) is 0 Å². The molecule has 0 aromatic carbocycles. The molecule has 0 saturated heterocycles. The van der Waals surface area contributed by atoms with Crippen LogP contribution in [0.4, 0.5) is 0 Å². The molecule has 3 nitrogen and oxygen atoms in total. The Morgan fingerprint density at radius 3 is 2.73 bits per heavy atom. The lowest BCUT2D eigenvalue weighted by atomic mass is 10.5. The maximum absolute atomic E-state index is 4.17. The normalized spacial score (nSPS) is 14.3. The highest BCUT2D eigenvalue weighted by Gasteiger charge is 2.00. The van der Waals surface area contributed by atoms with Gasteiger partial charge in [0.05, 0.1) is 6.54 Å². The molecule has 2 N–H and O–H groups in total. The van der Waals surface area contributed by atoms with Crippen molar-refractivity contribution < 1.29 is 0 Å². The molecule has 0 unspecified atom stereocenters. The van der Waals surface area contributed by atoms with E-state index in [2.05, 4.69) is 22.5 Å². The van der Waals surface area contributed by atoms with Crippen LogP contribution in [0.25, 0.3) is 0 Å². The number of guanidine groups is 1. The highest BCUT2D eigenvalue weighted by molar-refractivity contribution is 5.81. The van der Waals surface area contributed by atoms with E-state index in [1.54, 1.807) is 0 Å². The summed E-state index contributed by atoms with van der Waals surface area (Å²) in [4.78, 5) is 4.17. The average Bonchev–Trinajstić information content (AvgIpc) is 2.57. The van der Waals surface area contributed by atoms with Gasteiger partial charge in [-0.3, -0.25) is 4.99 Å². The molecule has 66 valence electrons. The molecule has 1 aliphatic rings. The predicted octanol–water partition coefficient (Wildman–Crippen LogP) is 0.971. The summed E-state index contributed by atoms with van der Waals surface area (Å²) < 4.78 is 0. The maximum Gasteiger partial charge on any atom is 0.191 e. The third-order valence-electron chi connectivity index (χ3n) is 1.22. The van der Waals surface area contributed by atoms with E-state index in [4.69, 9.17) is 0 Å². The Hall–Kier alpha value is -0.730. The summed E-state index contributed by atoms with van der Waals surface area (Å²) in [5, 5.41) is 6.30. The Bertz CT molecular complexity index is 110. The maximum atomic E-state index is 4.17. The largest absolute Gasteiger partial charge is 0.356 e. The van der Waals surface area contributed by atoms with E-state index in [1.165, 1.54) is 0 Å². The first-order chi connectivity index (χ1) is 5.43. The minimum Gasteiger partial charge on any atom is -0.356 e. The van der Waals surface area contributed by atoms with E-state index in [9.17, 15) is 0 Å². The van der Waals surface area contributed by atoms with Gasteiger partial charge < -0.3 is 10.6 Å². The molecule has 0 amide bonds. The summed E-state index contributed by atoms with van der Waals surface area (Å²) >= 11 is 0. The van der Waals surface area contributed by atoms with Gasteiger partial charge in [0, 0.05) is 13.1 Å². The van der Waals surface area contributed by atoms with Crippen molar-refractivity contribution in [2.45, 2.75) is 27.2 Å². The summed E-state index contributed by atoms with van der Waals surface area (Å²) in [5.74, 6) is 0.969. The molecule has 0 saturated carbocycles. The highest BCUT2D eigenvalue weighted by Crippen LogP contribution is 1.80. The molecule has 0 aromatic heterocycles. The van der Waals surface area contributed by atoms with Gasteiger partial charge in [0.2, 0.25) is 0 Å². The zero-order valence-corrected chi connectivity index (χ0v) is 7.78. The predicted molar refractivity (Wildman–Crippen MR) is 49.9 cm³/mol. The Kier molecular flexibility index (Phi) is 6.89. The minimum atomic E-state index is 0.923. The van der Waals surface area contributed by atoms with Gasteiger partial charge in [-0.25, -0.2) is 0 Å². The smallest absolute Gasteiger partial charge is 0.191 e. The molecule has 3 heteroatoms. The lowest BCUT2D eigenvalue weighted by Crippen LogP contribution is -2.33. The van der Waals surface area contributed by atoms with E-state index in [0.29, 0.717) is 0 Å². The van der Waals surface area contributed by atoms with Crippen molar-refractivity contribution >= 4 is 5.96 Å². The molecule has 0 aliphatic carbocycles. The van der Waals surface area contributed by atoms with Crippen LogP contribution in [0.3, 0.4) is 0 Å². The van der Waals surface area contributed by atoms with Gasteiger partial charge in [0.15, 0.2) is 5.96 Å². The lowest BCUT2D eigenvalue weighted by Gasteiger charge is -2.02. The molecule has 1 aliphatic heterocycles. The van der Waals surface area contributed by atoms with Crippen LogP contribution < -0.4 is 10.6 Å². The third-order valence-corrected chi connectivity index (χ3v) is 1.22. The first kappa shape index (κ1) is 10.3. The van der Waals surface area contributed by atoms with E-state index in [1.807, 2.05) is 13.8 Å². The Balaban J connectivity index is 0.000000461. The molecule has 0 bridgehead atoms. The average molecular weight is 157 g/mol. The molecule has 0 fully saturated rings. The quantitative estimate of drug-likeness (QED) is 0.626. The van der Waals surface area contributed by atoms with Crippen molar-refractivity contribution in [2.75, 3.05) is 19.6 Å². The first-order valence-electron chi connectivity index (χ1n) is 4.45. The van der Waals surface area contributed by atoms with Gasteiger partial charge in [-0.05, 0) is 6.42 Å². The molecular weight excluding hydrogens is 138 g/mol. The number of aliphatic imine (C=N–C) groups is 1. The summed E-state index contributed by atoms with van der Waals surface area (Å²) in [5.41, 5.74) is 0. The molecular formula is C8H19N3. The van der Waals surface area contributed by atoms with E-state index in [-0.39, 0.29) is 0 Å². The number of hydrogen-bond acceptors (Lipinski definition) is 3. The second-order valence-corrected chi connectivity index (χ2v) is 2.08. The van der Waals surface area contributed by atoms with Crippen molar-refractivity contribution in [2.24, 2.45) is 4.99 Å². The van der Waals surface area contributed by atoms with Crippen molar-refractivity contribution in [3.8, 4) is 0 Å². The van der Waals surface area contributed by atoms with Crippen molar-refractivity contribution in [1.82, 2.24) is 10.6 Å². The van der Waals surface area contributed by atoms with Gasteiger partial charge in [-0.1, -0.05) is 20.8 Å². The molecule has 0 radical (unpaired) electrons. The summed E-state index contributed by atoms with van der Waals surface area (Å²) in [6.07, 6.45) is 1.15. The Morgan fingerprint density at radius 1 is 1.55 bits per heavy atom. The van der Waals surface area contributed by atoms with Crippen LogP contribution in [0.5, 0.6) is 0 Å². The van der Waals surface area contributed by atoms with Crippen molar-refractivity contribution in [3.05, 3.63) is 0 Å². The summed E-state index contributed by atoms with van der Waals surface area (Å²) in [6, 6.07) is 0. The minimum absolute atomic E-state index is 0.923. The molecule has 0 atom stereocenters. The molecule has 0 spiro atoms. The van der Waals surface area contributed by atoms with E-state index < -0.39 is 0 Å². The van der Waals surface area contributed by atoms with E-state index in [0.717, 1.165) is 32.0 Å². The van der Waals surface area contributed by atoms with Crippen LogP contribution in [-0.2, 0) is 0 Å². The second kappa shape index (κ2) is 7.38. The summed E-state index contributed by atoms with van der Waals surface area (Å²) in [7, 11) is 0. The molecule has 0 aromatic rings. The molecule has 11 heavy (non-hydrogen) atoms. The number of nitrogens with zero attached hydrogens (tertiary/aromatic N) is 1. The summed E-state index contributed by atoms with van der Waals surface area (Å²) in [6.45, 7) is 9.08. The van der Waals surface area contributed by atoms with Gasteiger partial charge in [0.1, 0.15) is 0 Å². The first-order valence-corrected chi connectivity index (χ1v) is 4.45. The fraction of sp³-hybridized carbons (Fsp3) is 0.875. The SMILES string of the molecule is CC.CCCNC1=NCCN1. The topological polar surface area (TPSA) is 36.4 Å². The molecule has 1 heterocycles. The van der Waals surface area contributed by atoms with Crippen LogP contribution in [-0.4, -0.2) is 25.6 Å². The number of rotatable bonds is 2. The zero-order chi connectivity index (χ0) is 8.53. The number of hydrogen-bond donors (Lipinski definition) is 2. The molecule has 1 rings (SSSR count). The lowest BCUT2D eigenvalue weighted by molar-refractivity contribution is 0.817. The van der Waals surface area contributed by atoms with Crippen LogP contribution in [0.1, 0.15) is 27.2 Å². The Morgan fingerprint density at radius 2 is 2.27 bits per heavy atom.